The van der Waals surface area contributed by atoms with E-state index in [2.05, 4.69) is 57.3 Å². The molecule has 2 nitrogen and oxygen atoms in total. The molecule has 0 aliphatic rings. The van der Waals surface area contributed by atoms with E-state index in [1.165, 1.54) is 11.1 Å². The van der Waals surface area contributed by atoms with E-state index < -0.39 is 0 Å². The van der Waals surface area contributed by atoms with Gasteiger partial charge < -0.3 is 10.1 Å². The summed E-state index contributed by atoms with van der Waals surface area (Å²) in [7, 11) is 0. The zero-order valence-electron chi connectivity index (χ0n) is 12.2. The predicted octanol–water partition coefficient (Wildman–Crippen LogP) is 3.71. The van der Waals surface area contributed by atoms with Gasteiger partial charge in [-0.2, -0.15) is 0 Å². The van der Waals surface area contributed by atoms with Crippen molar-refractivity contribution >= 4 is 0 Å². The van der Waals surface area contributed by atoms with Gasteiger partial charge >= 0.3 is 0 Å². The van der Waals surface area contributed by atoms with Crippen LogP contribution in [0.25, 0.3) is 0 Å². The van der Waals surface area contributed by atoms with Gasteiger partial charge in [0.1, 0.15) is 0 Å². The Morgan fingerprint density at radius 3 is 2.33 bits per heavy atom. The molecule has 0 aromatic heterocycles. The van der Waals surface area contributed by atoms with E-state index in [1.807, 2.05) is 0 Å². The van der Waals surface area contributed by atoms with Gasteiger partial charge in [0, 0.05) is 19.2 Å². The van der Waals surface area contributed by atoms with Gasteiger partial charge in [-0.15, -0.1) is 0 Å². The fraction of sp³-hybridized carbons (Fsp3) is 0.625. The molecule has 0 aliphatic heterocycles. The summed E-state index contributed by atoms with van der Waals surface area (Å²) in [6.45, 7) is 11.3. The summed E-state index contributed by atoms with van der Waals surface area (Å²) in [5, 5.41) is 3.48. The van der Waals surface area contributed by atoms with Gasteiger partial charge in [-0.1, -0.05) is 43.7 Å². The Morgan fingerprint density at radius 1 is 1.06 bits per heavy atom. The first-order chi connectivity index (χ1) is 8.59. The summed E-state index contributed by atoms with van der Waals surface area (Å²) >= 11 is 0. The smallest absolute Gasteiger partial charge is 0.0591 e. The Morgan fingerprint density at radius 2 is 1.72 bits per heavy atom. The summed E-state index contributed by atoms with van der Waals surface area (Å²) in [5.41, 5.74) is 2.64. The largest absolute Gasteiger partial charge is 0.380 e. The van der Waals surface area contributed by atoms with Crippen molar-refractivity contribution < 1.29 is 4.74 Å². The number of hydrogen-bond donors (Lipinski definition) is 1. The zero-order valence-corrected chi connectivity index (χ0v) is 12.2. The van der Waals surface area contributed by atoms with Crippen molar-refractivity contribution in [1.82, 2.24) is 5.32 Å². The lowest BCUT2D eigenvalue weighted by Gasteiger charge is -2.14. The van der Waals surface area contributed by atoms with Crippen LogP contribution in [-0.2, 0) is 4.74 Å². The highest BCUT2D eigenvalue weighted by Gasteiger charge is 2.03. The second-order valence-electron chi connectivity index (χ2n) is 5.38. The third-order valence-electron chi connectivity index (χ3n) is 3.11. The average molecular weight is 249 g/mol. The van der Waals surface area contributed by atoms with E-state index in [0.717, 1.165) is 32.1 Å². The minimum absolute atomic E-state index is 0.388. The van der Waals surface area contributed by atoms with Gasteiger partial charge in [0.2, 0.25) is 0 Å². The SMILES string of the molecule is Cc1ccc([C@@H](C)NCCOCCC(C)C)cc1. The van der Waals surface area contributed by atoms with Crippen molar-refractivity contribution in [2.24, 2.45) is 5.92 Å². The van der Waals surface area contributed by atoms with Gasteiger partial charge in [0.15, 0.2) is 0 Å². The number of nitrogens with one attached hydrogen (secondary N) is 1. The maximum Gasteiger partial charge on any atom is 0.0591 e. The molecule has 2 heteroatoms. The molecule has 1 N–H and O–H groups in total. The molecular weight excluding hydrogens is 222 g/mol. The van der Waals surface area contributed by atoms with E-state index in [-0.39, 0.29) is 0 Å². The van der Waals surface area contributed by atoms with Crippen molar-refractivity contribution in [2.45, 2.75) is 40.2 Å². The quantitative estimate of drug-likeness (QED) is 0.709. The lowest BCUT2D eigenvalue weighted by atomic mass is 10.1. The maximum atomic E-state index is 5.59. The molecule has 0 heterocycles. The molecule has 0 unspecified atom stereocenters. The van der Waals surface area contributed by atoms with Crippen LogP contribution in [0.1, 0.15) is 44.4 Å². The first-order valence-electron chi connectivity index (χ1n) is 6.97. The Hall–Kier alpha value is -0.860. The normalized spacial score (nSPS) is 12.9. The van der Waals surface area contributed by atoms with Crippen LogP contribution in [0.4, 0.5) is 0 Å². The van der Waals surface area contributed by atoms with Crippen LogP contribution in [0.3, 0.4) is 0 Å². The van der Waals surface area contributed by atoms with E-state index in [4.69, 9.17) is 4.74 Å². The lowest BCUT2D eigenvalue weighted by molar-refractivity contribution is 0.123. The Labute approximate surface area is 112 Å². The fourth-order valence-electron chi connectivity index (χ4n) is 1.74. The number of aryl methyl sites for hydroxylation is 1. The first-order valence-corrected chi connectivity index (χ1v) is 6.97. The van der Waals surface area contributed by atoms with Gasteiger partial charge in [-0.05, 0) is 31.7 Å². The number of hydrogen-bond acceptors (Lipinski definition) is 2. The predicted molar refractivity (Wildman–Crippen MR) is 77.9 cm³/mol. The molecule has 18 heavy (non-hydrogen) atoms. The Kier molecular flexibility index (Phi) is 6.99. The molecule has 0 bridgehead atoms. The lowest BCUT2D eigenvalue weighted by Crippen LogP contribution is -2.23. The monoisotopic (exact) mass is 249 g/mol. The average Bonchev–Trinajstić information content (AvgIpc) is 2.34. The molecule has 1 aromatic carbocycles. The van der Waals surface area contributed by atoms with Crippen LogP contribution in [0, 0.1) is 12.8 Å². The van der Waals surface area contributed by atoms with Crippen molar-refractivity contribution in [3.8, 4) is 0 Å². The minimum atomic E-state index is 0.388. The van der Waals surface area contributed by atoms with Crippen LogP contribution >= 0.6 is 0 Å². The first kappa shape index (κ1) is 15.2. The van der Waals surface area contributed by atoms with Crippen molar-refractivity contribution in [3.63, 3.8) is 0 Å². The Balaban J connectivity index is 2.13. The van der Waals surface area contributed by atoms with Crippen LogP contribution in [0.15, 0.2) is 24.3 Å². The van der Waals surface area contributed by atoms with E-state index in [0.29, 0.717) is 6.04 Å². The summed E-state index contributed by atoms with van der Waals surface area (Å²) in [4.78, 5) is 0. The summed E-state index contributed by atoms with van der Waals surface area (Å²) < 4.78 is 5.59. The third kappa shape index (κ3) is 6.18. The molecule has 0 saturated heterocycles. The maximum absolute atomic E-state index is 5.59. The zero-order chi connectivity index (χ0) is 13.4. The second-order valence-corrected chi connectivity index (χ2v) is 5.38. The highest BCUT2D eigenvalue weighted by Crippen LogP contribution is 2.12. The third-order valence-corrected chi connectivity index (χ3v) is 3.11. The molecule has 0 saturated carbocycles. The molecule has 0 amide bonds. The van der Waals surface area contributed by atoms with E-state index >= 15 is 0 Å². The van der Waals surface area contributed by atoms with Crippen LogP contribution < -0.4 is 5.32 Å². The molecule has 102 valence electrons. The fourth-order valence-corrected chi connectivity index (χ4v) is 1.74. The van der Waals surface area contributed by atoms with Crippen LogP contribution in [-0.4, -0.2) is 19.8 Å². The topological polar surface area (TPSA) is 21.3 Å². The number of benzene rings is 1. The van der Waals surface area contributed by atoms with E-state index in [9.17, 15) is 0 Å². The molecule has 0 aliphatic carbocycles. The molecule has 1 aromatic rings. The minimum Gasteiger partial charge on any atom is -0.380 e. The van der Waals surface area contributed by atoms with E-state index in [1.54, 1.807) is 0 Å². The summed E-state index contributed by atoms with van der Waals surface area (Å²) in [6.07, 6.45) is 1.15. The second kappa shape index (κ2) is 8.28. The van der Waals surface area contributed by atoms with Crippen molar-refractivity contribution in [1.29, 1.82) is 0 Å². The molecule has 0 fully saturated rings. The van der Waals surface area contributed by atoms with Gasteiger partial charge in [-0.25, -0.2) is 0 Å². The van der Waals surface area contributed by atoms with Crippen LogP contribution in [0.2, 0.25) is 0 Å². The molecule has 1 rings (SSSR count). The van der Waals surface area contributed by atoms with Gasteiger partial charge in [-0.3, -0.25) is 0 Å². The van der Waals surface area contributed by atoms with Gasteiger partial charge in [0.05, 0.1) is 6.61 Å². The highest BCUT2D eigenvalue weighted by atomic mass is 16.5. The van der Waals surface area contributed by atoms with Crippen LogP contribution in [0.5, 0.6) is 0 Å². The van der Waals surface area contributed by atoms with Gasteiger partial charge in [0.25, 0.3) is 0 Å². The van der Waals surface area contributed by atoms with Crippen molar-refractivity contribution in [2.75, 3.05) is 19.8 Å². The number of ether oxygens (including phenoxy) is 1. The molecule has 0 spiro atoms. The molecule has 0 radical (unpaired) electrons. The summed E-state index contributed by atoms with van der Waals surface area (Å²) in [6, 6.07) is 9.08. The molecular formula is C16H27NO. The Bertz CT molecular complexity index is 318. The standard InChI is InChI=1S/C16H27NO/c1-13(2)9-11-18-12-10-17-15(4)16-7-5-14(3)6-8-16/h5-8,13,15,17H,9-12H2,1-4H3/t15-/m1/s1. The number of rotatable bonds is 8. The molecule has 1 atom stereocenters. The van der Waals surface area contributed by atoms with Crippen molar-refractivity contribution in [3.05, 3.63) is 35.4 Å². The summed E-state index contributed by atoms with van der Waals surface area (Å²) in [5.74, 6) is 0.726. The highest BCUT2D eigenvalue weighted by molar-refractivity contribution is 5.23.